The standard InChI is InChI=1S/C19H19N3O3/c23-18(9-8-14-5-3-4-10-20-14)22-17(19(24)25)11-13-12-21-16-7-2-1-6-15(13)16/h1-7,10,12,17,21H,8-9,11H2,(H,22,23)(H,24,25). The molecular weight excluding hydrogens is 318 g/mol. The van der Waals surface area contributed by atoms with Crippen molar-refractivity contribution in [1.29, 1.82) is 0 Å². The number of carbonyl (C=O) groups is 2. The first-order chi connectivity index (χ1) is 12.1. The lowest BCUT2D eigenvalue weighted by Gasteiger charge is -2.14. The molecule has 0 fully saturated rings. The second-order valence-electron chi connectivity index (χ2n) is 5.84. The Morgan fingerprint density at radius 2 is 1.96 bits per heavy atom. The Balaban J connectivity index is 1.63. The highest BCUT2D eigenvalue weighted by atomic mass is 16.4. The number of aliphatic carboxylic acids is 1. The molecule has 1 amide bonds. The number of amides is 1. The van der Waals surface area contributed by atoms with E-state index in [1.165, 1.54) is 0 Å². The Morgan fingerprint density at radius 1 is 1.16 bits per heavy atom. The molecule has 0 saturated carbocycles. The van der Waals surface area contributed by atoms with Gasteiger partial charge in [0.25, 0.3) is 0 Å². The zero-order valence-corrected chi connectivity index (χ0v) is 13.6. The Labute approximate surface area is 144 Å². The number of hydrogen-bond donors (Lipinski definition) is 3. The fourth-order valence-electron chi connectivity index (χ4n) is 2.77. The molecule has 0 saturated heterocycles. The highest BCUT2D eigenvalue weighted by molar-refractivity contribution is 5.86. The molecule has 0 aliphatic heterocycles. The summed E-state index contributed by atoms with van der Waals surface area (Å²) >= 11 is 0. The molecule has 3 aromatic rings. The van der Waals surface area contributed by atoms with Crippen LogP contribution in [0.1, 0.15) is 17.7 Å². The molecule has 0 radical (unpaired) electrons. The molecular formula is C19H19N3O3. The monoisotopic (exact) mass is 337 g/mol. The van der Waals surface area contributed by atoms with Crippen molar-refractivity contribution >= 4 is 22.8 Å². The van der Waals surface area contributed by atoms with Crippen molar-refractivity contribution in [1.82, 2.24) is 15.3 Å². The highest BCUT2D eigenvalue weighted by Gasteiger charge is 2.21. The first-order valence-electron chi connectivity index (χ1n) is 8.10. The average Bonchev–Trinajstić information content (AvgIpc) is 3.03. The van der Waals surface area contributed by atoms with Gasteiger partial charge in [-0.15, -0.1) is 0 Å². The van der Waals surface area contributed by atoms with Gasteiger partial charge in [0.05, 0.1) is 0 Å². The Morgan fingerprint density at radius 3 is 2.72 bits per heavy atom. The van der Waals surface area contributed by atoms with E-state index in [2.05, 4.69) is 15.3 Å². The van der Waals surface area contributed by atoms with Gasteiger partial charge in [-0.2, -0.15) is 0 Å². The van der Waals surface area contributed by atoms with Crippen LogP contribution in [0.2, 0.25) is 0 Å². The van der Waals surface area contributed by atoms with Crippen molar-refractivity contribution in [3.63, 3.8) is 0 Å². The SMILES string of the molecule is O=C(CCc1ccccn1)NC(Cc1c[nH]c2ccccc12)C(=O)O. The number of carboxylic acids is 1. The van der Waals surface area contributed by atoms with E-state index in [0.717, 1.165) is 22.2 Å². The minimum Gasteiger partial charge on any atom is -0.480 e. The summed E-state index contributed by atoms with van der Waals surface area (Å²) in [4.78, 5) is 30.9. The number of hydrogen-bond acceptors (Lipinski definition) is 3. The number of carboxylic acid groups (broad SMARTS) is 1. The van der Waals surface area contributed by atoms with Gasteiger partial charge in [-0.05, 0) is 30.2 Å². The van der Waals surface area contributed by atoms with Crippen LogP contribution in [0.25, 0.3) is 10.9 Å². The van der Waals surface area contributed by atoms with Crippen LogP contribution in [-0.4, -0.2) is 33.0 Å². The number of H-pyrrole nitrogens is 1. The summed E-state index contributed by atoms with van der Waals surface area (Å²) in [5.74, 6) is -1.34. The molecule has 0 spiro atoms. The van der Waals surface area contributed by atoms with Gasteiger partial charge in [-0.3, -0.25) is 9.78 Å². The number of nitrogens with one attached hydrogen (secondary N) is 2. The number of pyridine rings is 1. The second-order valence-corrected chi connectivity index (χ2v) is 5.84. The first-order valence-corrected chi connectivity index (χ1v) is 8.10. The van der Waals surface area contributed by atoms with Crippen molar-refractivity contribution in [2.45, 2.75) is 25.3 Å². The molecule has 2 heterocycles. The molecule has 0 bridgehead atoms. The molecule has 1 unspecified atom stereocenters. The maximum absolute atomic E-state index is 12.1. The van der Waals surface area contributed by atoms with Crippen molar-refractivity contribution in [2.75, 3.05) is 0 Å². The van der Waals surface area contributed by atoms with Gasteiger partial charge in [0.1, 0.15) is 6.04 Å². The molecule has 6 nitrogen and oxygen atoms in total. The summed E-state index contributed by atoms with van der Waals surface area (Å²) in [5, 5.41) is 13.0. The molecule has 128 valence electrons. The third-order valence-electron chi connectivity index (χ3n) is 4.07. The van der Waals surface area contributed by atoms with Crippen LogP contribution in [0.15, 0.2) is 54.9 Å². The van der Waals surface area contributed by atoms with E-state index in [0.29, 0.717) is 6.42 Å². The molecule has 0 aliphatic rings. The van der Waals surface area contributed by atoms with Gasteiger partial charge in [0, 0.05) is 41.8 Å². The number of nitrogens with zero attached hydrogens (tertiary/aromatic N) is 1. The molecule has 3 N–H and O–H groups in total. The number of benzene rings is 1. The number of aromatic amines is 1. The van der Waals surface area contributed by atoms with E-state index in [9.17, 15) is 14.7 Å². The Hall–Kier alpha value is -3.15. The fraction of sp³-hybridized carbons (Fsp3) is 0.211. The first kappa shape index (κ1) is 16.7. The maximum atomic E-state index is 12.1. The lowest BCUT2D eigenvalue weighted by Crippen LogP contribution is -2.42. The van der Waals surface area contributed by atoms with Crippen molar-refractivity contribution < 1.29 is 14.7 Å². The summed E-state index contributed by atoms with van der Waals surface area (Å²) in [6.45, 7) is 0. The van der Waals surface area contributed by atoms with Gasteiger partial charge >= 0.3 is 5.97 Å². The quantitative estimate of drug-likeness (QED) is 0.616. The third kappa shape index (κ3) is 4.23. The number of para-hydroxylation sites is 1. The van der Waals surface area contributed by atoms with E-state index in [4.69, 9.17) is 0 Å². The summed E-state index contributed by atoms with van der Waals surface area (Å²) in [5.41, 5.74) is 2.62. The lowest BCUT2D eigenvalue weighted by molar-refractivity contribution is -0.141. The topological polar surface area (TPSA) is 95.1 Å². The van der Waals surface area contributed by atoms with E-state index in [-0.39, 0.29) is 18.7 Å². The van der Waals surface area contributed by atoms with Crippen LogP contribution in [-0.2, 0) is 22.4 Å². The van der Waals surface area contributed by atoms with Crippen LogP contribution in [0.3, 0.4) is 0 Å². The van der Waals surface area contributed by atoms with Gasteiger partial charge in [0.2, 0.25) is 5.91 Å². The molecule has 2 aromatic heterocycles. The van der Waals surface area contributed by atoms with Gasteiger partial charge < -0.3 is 15.4 Å². The minimum absolute atomic E-state index is 0.203. The zero-order valence-electron chi connectivity index (χ0n) is 13.6. The van der Waals surface area contributed by atoms with E-state index in [1.54, 1.807) is 12.4 Å². The zero-order chi connectivity index (χ0) is 17.6. The smallest absolute Gasteiger partial charge is 0.326 e. The van der Waals surface area contributed by atoms with E-state index >= 15 is 0 Å². The van der Waals surface area contributed by atoms with Gasteiger partial charge in [-0.1, -0.05) is 24.3 Å². The number of aromatic nitrogens is 2. The molecule has 3 rings (SSSR count). The van der Waals surface area contributed by atoms with Crippen LogP contribution in [0.5, 0.6) is 0 Å². The fourth-order valence-corrected chi connectivity index (χ4v) is 2.77. The summed E-state index contributed by atoms with van der Waals surface area (Å²) < 4.78 is 0. The molecule has 25 heavy (non-hydrogen) atoms. The minimum atomic E-state index is -1.04. The van der Waals surface area contributed by atoms with Crippen molar-refractivity contribution in [3.05, 3.63) is 66.1 Å². The maximum Gasteiger partial charge on any atom is 0.326 e. The Kier molecular flexibility index (Phi) is 5.09. The largest absolute Gasteiger partial charge is 0.480 e. The predicted octanol–water partition coefficient (Wildman–Crippen LogP) is 2.31. The second kappa shape index (κ2) is 7.61. The summed E-state index contributed by atoms with van der Waals surface area (Å²) in [7, 11) is 0. The highest BCUT2D eigenvalue weighted by Crippen LogP contribution is 2.19. The third-order valence-corrected chi connectivity index (χ3v) is 4.07. The summed E-state index contributed by atoms with van der Waals surface area (Å²) in [6.07, 6.45) is 4.38. The molecule has 6 heteroatoms. The van der Waals surface area contributed by atoms with Crippen molar-refractivity contribution in [3.8, 4) is 0 Å². The number of aryl methyl sites for hydroxylation is 1. The van der Waals surface area contributed by atoms with Crippen LogP contribution >= 0.6 is 0 Å². The number of rotatable bonds is 7. The predicted molar refractivity (Wildman–Crippen MR) is 94.1 cm³/mol. The van der Waals surface area contributed by atoms with Gasteiger partial charge in [0.15, 0.2) is 0 Å². The van der Waals surface area contributed by atoms with E-state index < -0.39 is 12.0 Å². The van der Waals surface area contributed by atoms with Gasteiger partial charge in [-0.25, -0.2) is 4.79 Å². The van der Waals surface area contributed by atoms with Crippen LogP contribution in [0, 0.1) is 0 Å². The lowest BCUT2D eigenvalue weighted by atomic mass is 10.0. The summed E-state index contributed by atoms with van der Waals surface area (Å²) in [6, 6.07) is 12.2. The van der Waals surface area contributed by atoms with E-state index in [1.807, 2.05) is 42.5 Å². The number of fused-ring (bicyclic) bond motifs is 1. The molecule has 1 atom stereocenters. The molecule has 0 aliphatic carbocycles. The Bertz CT molecular complexity index is 874. The van der Waals surface area contributed by atoms with Crippen LogP contribution < -0.4 is 5.32 Å². The average molecular weight is 337 g/mol. The normalized spacial score (nSPS) is 12.0. The number of carbonyl (C=O) groups excluding carboxylic acids is 1. The molecule has 1 aromatic carbocycles. The van der Waals surface area contributed by atoms with Crippen LogP contribution in [0.4, 0.5) is 0 Å². The van der Waals surface area contributed by atoms with Crippen molar-refractivity contribution in [2.24, 2.45) is 0 Å².